The van der Waals surface area contributed by atoms with Crippen molar-refractivity contribution in [3.63, 3.8) is 0 Å². The Labute approximate surface area is 128 Å². The number of benzene rings is 1. The predicted molar refractivity (Wildman–Crippen MR) is 73.9 cm³/mol. The van der Waals surface area contributed by atoms with E-state index < -0.39 is 39.8 Å². The molecular formula is C15H12F3NO4. The van der Waals surface area contributed by atoms with Crippen molar-refractivity contribution in [3.8, 4) is 0 Å². The first-order valence-corrected chi connectivity index (χ1v) is 6.92. The molecule has 0 saturated carbocycles. The molecule has 1 fully saturated rings. The number of hydrogen-bond donors (Lipinski definition) is 0. The lowest BCUT2D eigenvalue weighted by Gasteiger charge is -2.30. The number of hydrogen-bond acceptors (Lipinski definition) is 4. The van der Waals surface area contributed by atoms with Gasteiger partial charge in [0.2, 0.25) is 5.43 Å². The maximum absolute atomic E-state index is 14.2. The Balaban J connectivity index is 2.37. The molecule has 0 spiro atoms. The van der Waals surface area contributed by atoms with Gasteiger partial charge in [-0.1, -0.05) is 0 Å². The molecule has 23 heavy (non-hydrogen) atoms. The van der Waals surface area contributed by atoms with E-state index in [0.717, 1.165) is 6.20 Å². The molecule has 1 aromatic heterocycles. The zero-order valence-corrected chi connectivity index (χ0v) is 12.1. The van der Waals surface area contributed by atoms with E-state index in [9.17, 15) is 22.8 Å². The summed E-state index contributed by atoms with van der Waals surface area (Å²) in [6.07, 6.45) is 1.11. The summed E-state index contributed by atoms with van der Waals surface area (Å²) in [4.78, 5) is 24.2. The summed E-state index contributed by atoms with van der Waals surface area (Å²) in [6, 6.07) is 0.208. The smallest absolute Gasteiger partial charge is 0.343 e. The summed E-state index contributed by atoms with van der Waals surface area (Å²) in [5.41, 5.74) is -1.67. The maximum atomic E-state index is 14.2. The minimum Gasteiger partial charge on any atom is -0.462 e. The van der Waals surface area contributed by atoms with Crippen molar-refractivity contribution in [3.05, 3.63) is 45.5 Å². The average molecular weight is 327 g/mol. The van der Waals surface area contributed by atoms with E-state index in [1.165, 1.54) is 4.57 Å². The zero-order valence-electron chi connectivity index (χ0n) is 12.1. The van der Waals surface area contributed by atoms with Gasteiger partial charge in [0.1, 0.15) is 5.56 Å². The number of halogens is 3. The highest BCUT2D eigenvalue weighted by Crippen LogP contribution is 2.27. The fourth-order valence-electron chi connectivity index (χ4n) is 2.44. The minimum absolute atomic E-state index is 0.0367. The Morgan fingerprint density at radius 3 is 2.61 bits per heavy atom. The second kappa shape index (κ2) is 5.69. The van der Waals surface area contributed by atoms with E-state index in [4.69, 9.17) is 9.47 Å². The first-order chi connectivity index (χ1) is 11.0. The molecule has 0 bridgehead atoms. The van der Waals surface area contributed by atoms with Gasteiger partial charge >= 0.3 is 5.97 Å². The molecule has 0 atom stereocenters. The molecule has 2 heterocycles. The van der Waals surface area contributed by atoms with Gasteiger partial charge in [0.15, 0.2) is 17.5 Å². The van der Waals surface area contributed by atoms with Crippen LogP contribution in [0.25, 0.3) is 10.9 Å². The molecule has 0 N–H and O–H groups in total. The van der Waals surface area contributed by atoms with E-state index in [-0.39, 0.29) is 31.4 Å². The first-order valence-electron chi connectivity index (χ1n) is 6.92. The van der Waals surface area contributed by atoms with Crippen LogP contribution in [0.2, 0.25) is 0 Å². The Kier molecular flexibility index (Phi) is 3.85. The third kappa shape index (κ3) is 2.39. The summed E-state index contributed by atoms with van der Waals surface area (Å²) in [5.74, 6) is -5.54. The van der Waals surface area contributed by atoms with Gasteiger partial charge in [-0.25, -0.2) is 18.0 Å². The van der Waals surface area contributed by atoms with Gasteiger partial charge in [0, 0.05) is 6.20 Å². The van der Waals surface area contributed by atoms with Gasteiger partial charge in [-0.2, -0.15) is 0 Å². The summed E-state index contributed by atoms with van der Waals surface area (Å²) >= 11 is 0. The zero-order chi connectivity index (χ0) is 16.7. The highest BCUT2D eigenvalue weighted by atomic mass is 19.2. The van der Waals surface area contributed by atoms with Crippen molar-refractivity contribution in [1.29, 1.82) is 0 Å². The lowest BCUT2D eigenvalue weighted by atomic mass is 10.1. The van der Waals surface area contributed by atoms with E-state index in [0.29, 0.717) is 6.07 Å². The Bertz CT molecular complexity index is 858. The first kappa shape index (κ1) is 15.5. The van der Waals surface area contributed by atoms with E-state index in [1.807, 2.05) is 0 Å². The molecule has 0 aliphatic carbocycles. The van der Waals surface area contributed by atoms with Crippen molar-refractivity contribution in [2.24, 2.45) is 0 Å². The van der Waals surface area contributed by atoms with Crippen LogP contribution in [0.5, 0.6) is 0 Å². The van der Waals surface area contributed by atoms with Crippen LogP contribution in [0.1, 0.15) is 23.3 Å². The number of carbonyl (C=O) groups is 1. The molecule has 5 nitrogen and oxygen atoms in total. The second-order valence-electron chi connectivity index (χ2n) is 5.07. The van der Waals surface area contributed by atoms with E-state index in [2.05, 4.69) is 0 Å². The van der Waals surface area contributed by atoms with Crippen molar-refractivity contribution in [1.82, 2.24) is 4.57 Å². The molecule has 0 unspecified atom stereocenters. The Morgan fingerprint density at radius 1 is 1.35 bits per heavy atom. The number of nitrogens with zero attached hydrogens (tertiary/aromatic N) is 1. The molecule has 1 aliphatic heterocycles. The maximum Gasteiger partial charge on any atom is 0.343 e. The number of fused-ring (bicyclic) bond motifs is 1. The molecule has 2 aromatic rings. The monoisotopic (exact) mass is 327 g/mol. The largest absolute Gasteiger partial charge is 0.462 e. The van der Waals surface area contributed by atoms with Gasteiger partial charge < -0.3 is 14.0 Å². The fourth-order valence-corrected chi connectivity index (χ4v) is 2.44. The third-order valence-corrected chi connectivity index (χ3v) is 3.66. The van der Waals surface area contributed by atoms with Crippen LogP contribution in [-0.4, -0.2) is 30.4 Å². The average Bonchev–Trinajstić information content (AvgIpc) is 2.46. The van der Waals surface area contributed by atoms with E-state index in [1.54, 1.807) is 6.92 Å². The second-order valence-corrected chi connectivity index (χ2v) is 5.07. The Morgan fingerprint density at radius 2 is 2.04 bits per heavy atom. The molecular weight excluding hydrogens is 315 g/mol. The SMILES string of the molecule is CCOC(=O)c1cn(C2COC2)c2c(F)c(F)c(F)cc2c1=O. The summed E-state index contributed by atoms with van der Waals surface area (Å²) in [7, 11) is 0. The van der Waals surface area contributed by atoms with Crippen LogP contribution in [0.4, 0.5) is 13.2 Å². The summed E-state index contributed by atoms with van der Waals surface area (Å²) in [5, 5.41) is -0.418. The van der Waals surface area contributed by atoms with E-state index >= 15 is 0 Å². The molecule has 1 saturated heterocycles. The van der Waals surface area contributed by atoms with Crippen LogP contribution in [0.3, 0.4) is 0 Å². The number of ether oxygens (including phenoxy) is 2. The van der Waals surface area contributed by atoms with Crippen LogP contribution in [0, 0.1) is 17.5 Å². The van der Waals surface area contributed by atoms with Crippen LogP contribution in [-0.2, 0) is 9.47 Å². The molecule has 1 aromatic carbocycles. The van der Waals surface area contributed by atoms with Gasteiger partial charge in [0.05, 0.1) is 36.8 Å². The standard InChI is InChI=1S/C15H12F3NO4/c1-2-23-15(21)9-4-19(7-5-22-6-7)13-8(14(9)20)3-10(16)11(17)12(13)18/h3-4,7H,2,5-6H2,1H3. The number of aromatic nitrogens is 1. The number of rotatable bonds is 3. The van der Waals surface area contributed by atoms with Gasteiger partial charge in [-0.15, -0.1) is 0 Å². The van der Waals surface area contributed by atoms with Crippen LogP contribution >= 0.6 is 0 Å². The number of esters is 1. The van der Waals surface area contributed by atoms with Gasteiger partial charge in [-0.3, -0.25) is 4.79 Å². The van der Waals surface area contributed by atoms with Crippen molar-refractivity contribution < 1.29 is 27.4 Å². The van der Waals surface area contributed by atoms with Crippen molar-refractivity contribution in [2.75, 3.05) is 19.8 Å². The van der Waals surface area contributed by atoms with Gasteiger partial charge in [-0.05, 0) is 13.0 Å². The molecule has 8 heteroatoms. The fraction of sp³-hybridized carbons (Fsp3) is 0.333. The number of pyridine rings is 1. The highest BCUT2D eigenvalue weighted by molar-refractivity contribution is 5.94. The Hall–Kier alpha value is -2.35. The van der Waals surface area contributed by atoms with Gasteiger partial charge in [0.25, 0.3) is 0 Å². The topological polar surface area (TPSA) is 57.5 Å². The number of carbonyl (C=O) groups excluding carboxylic acids is 1. The van der Waals surface area contributed by atoms with Crippen molar-refractivity contribution in [2.45, 2.75) is 13.0 Å². The molecule has 0 amide bonds. The molecule has 1 aliphatic rings. The molecule has 3 rings (SSSR count). The lowest BCUT2D eigenvalue weighted by Crippen LogP contribution is -2.33. The normalized spacial score (nSPS) is 14.8. The third-order valence-electron chi connectivity index (χ3n) is 3.66. The molecule has 122 valence electrons. The quantitative estimate of drug-likeness (QED) is 0.640. The summed E-state index contributed by atoms with van der Waals surface area (Å²) < 4.78 is 52.2. The van der Waals surface area contributed by atoms with Crippen molar-refractivity contribution >= 4 is 16.9 Å². The summed E-state index contributed by atoms with van der Waals surface area (Å²) in [6.45, 7) is 2.01. The van der Waals surface area contributed by atoms with Crippen LogP contribution in [0.15, 0.2) is 17.1 Å². The molecule has 0 radical (unpaired) electrons. The predicted octanol–water partition coefficient (Wildman–Crippen LogP) is 2.17. The lowest BCUT2D eigenvalue weighted by molar-refractivity contribution is -0.0219. The highest BCUT2D eigenvalue weighted by Gasteiger charge is 2.28. The van der Waals surface area contributed by atoms with Crippen LogP contribution < -0.4 is 5.43 Å². The minimum atomic E-state index is -1.67.